The molecule has 0 spiro atoms. The average molecular weight is 335 g/mol. The van der Waals surface area contributed by atoms with E-state index in [-0.39, 0.29) is 42.8 Å². The van der Waals surface area contributed by atoms with Crippen molar-refractivity contribution in [3.63, 3.8) is 0 Å². The normalized spacial score (nSPS) is 10.4. The standard InChI is InChI=1S/C17H22N5O2.Li/c1-4-22(17(23)7-5-8-21(2)3)9-6-10-24-14-11-15(19)16(12-18)20-13-14;/h5-7,11H,1,4,8-10,19H2,2-3H3;/q-3;+1/b7-5+;. The molecular formula is C17H22LiN5O2-2. The molecule has 0 saturated heterocycles. The number of aromatic nitrogens is 1. The Morgan fingerprint density at radius 2 is 2.32 bits per heavy atom. The second-order valence-corrected chi connectivity index (χ2v) is 5.20. The molecule has 1 amide bonds. The molecular weight excluding hydrogens is 313 g/mol. The molecule has 25 heavy (non-hydrogen) atoms. The molecule has 0 fully saturated rings. The fourth-order valence-corrected chi connectivity index (χ4v) is 1.70. The summed E-state index contributed by atoms with van der Waals surface area (Å²) in [6, 6.07) is 3.35. The van der Waals surface area contributed by atoms with Crippen LogP contribution < -0.4 is 29.3 Å². The number of nitrogens with two attached hydrogens (primary N) is 1. The van der Waals surface area contributed by atoms with Crippen LogP contribution in [-0.4, -0.2) is 61.0 Å². The van der Waals surface area contributed by atoms with Gasteiger partial charge in [-0.2, -0.15) is 0 Å². The van der Waals surface area contributed by atoms with Crippen LogP contribution in [0, 0.1) is 30.9 Å². The maximum Gasteiger partial charge on any atom is 1.00 e. The molecule has 1 aromatic heterocycles. The van der Waals surface area contributed by atoms with Crippen molar-refractivity contribution < 1.29 is 28.4 Å². The zero-order chi connectivity index (χ0) is 17.9. The number of nitrogen functional groups attached to an aromatic ring is 1. The number of carbonyl (C=O) groups excluding carboxylic acids is 1. The van der Waals surface area contributed by atoms with Crippen molar-refractivity contribution in [2.45, 2.75) is 0 Å². The summed E-state index contributed by atoms with van der Waals surface area (Å²) >= 11 is 0. The van der Waals surface area contributed by atoms with Crippen molar-refractivity contribution in [2.24, 2.45) is 0 Å². The first-order valence-electron chi connectivity index (χ1n) is 7.40. The zero-order valence-corrected chi connectivity index (χ0v) is 15.0. The molecule has 0 radical (unpaired) electrons. The van der Waals surface area contributed by atoms with Gasteiger partial charge < -0.3 is 32.2 Å². The first-order valence-corrected chi connectivity index (χ1v) is 7.40. The van der Waals surface area contributed by atoms with E-state index in [1.807, 2.05) is 31.1 Å². The number of hydrogen-bond donors (Lipinski definition) is 1. The fraction of sp³-hybridized carbons (Fsp3) is 0.353. The Morgan fingerprint density at radius 1 is 1.60 bits per heavy atom. The molecule has 1 rings (SSSR count). The zero-order valence-electron chi connectivity index (χ0n) is 15.0. The predicted octanol–water partition coefficient (Wildman–Crippen LogP) is -2.30. The summed E-state index contributed by atoms with van der Waals surface area (Å²) in [4.78, 5) is 19.3. The monoisotopic (exact) mass is 335 g/mol. The van der Waals surface area contributed by atoms with Gasteiger partial charge in [0, 0.05) is 24.1 Å². The minimum atomic E-state index is -0.0982. The Bertz CT molecular complexity index is 614. The van der Waals surface area contributed by atoms with Gasteiger partial charge in [0.15, 0.2) is 0 Å². The molecule has 130 valence electrons. The van der Waals surface area contributed by atoms with Gasteiger partial charge in [0.2, 0.25) is 5.91 Å². The smallest absolute Gasteiger partial charge is 0.549 e. The van der Waals surface area contributed by atoms with E-state index >= 15 is 0 Å². The number of ether oxygens (including phenoxy) is 1. The van der Waals surface area contributed by atoms with Gasteiger partial charge in [-0.05, 0) is 32.6 Å². The van der Waals surface area contributed by atoms with Gasteiger partial charge in [0.25, 0.3) is 0 Å². The number of pyridine rings is 1. The number of anilines is 1. The minimum Gasteiger partial charge on any atom is -0.549 e. The van der Waals surface area contributed by atoms with Crippen LogP contribution in [-0.2, 0) is 4.79 Å². The maximum absolute atomic E-state index is 12.0. The third-order valence-corrected chi connectivity index (χ3v) is 2.96. The predicted molar refractivity (Wildman–Crippen MR) is 91.6 cm³/mol. The molecule has 0 aliphatic carbocycles. The van der Waals surface area contributed by atoms with Gasteiger partial charge in [-0.3, -0.25) is 11.2 Å². The molecule has 7 nitrogen and oxygen atoms in total. The van der Waals surface area contributed by atoms with Gasteiger partial charge in [0.1, 0.15) is 0 Å². The molecule has 1 heterocycles. The third-order valence-electron chi connectivity index (χ3n) is 2.96. The van der Waals surface area contributed by atoms with E-state index in [1.54, 1.807) is 17.4 Å². The van der Waals surface area contributed by atoms with E-state index in [0.717, 1.165) is 0 Å². The van der Waals surface area contributed by atoms with Crippen LogP contribution in [0.15, 0.2) is 18.2 Å². The van der Waals surface area contributed by atoms with E-state index in [1.165, 1.54) is 6.07 Å². The van der Waals surface area contributed by atoms with E-state index in [2.05, 4.69) is 18.1 Å². The summed E-state index contributed by atoms with van der Waals surface area (Å²) in [6.45, 7) is 5.48. The summed E-state index contributed by atoms with van der Waals surface area (Å²) in [7, 11) is 3.86. The quantitative estimate of drug-likeness (QED) is 0.236. The molecule has 0 saturated carbocycles. The number of amides is 1. The summed E-state index contributed by atoms with van der Waals surface area (Å²) < 4.78 is 5.43. The molecule has 0 aliphatic heterocycles. The number of carbonyl (C=O) groups is 1. The molecule has 1 aromatic rings. The Morgan fingerprint density at radius 3 is 2.88 bits per heavy atom. The number of hydrogen-bond acceptors (Lipinski definition) is 6. The molecule has 0 aromatic carbocycles. The SMILES string of the molecule is [CH2-]CN(C[CH-]COc1[c-]nc(C#N)c(N)c1)C(=O)/C=C/CN(C)C.[Li+]. The third kappa shape index (κ3) is 8.60. The summed E-state index contributed by atoms with van der Waals surface area (Å²) in [5.74, 6) is 0.250. The topological polar surface area (TPSA) is 95.5 Å². The van der Waals surface area contributed by atoms with Crippen molar-refractivity contribution in [1.29, 1.82) is 5.26 Å². The number of rotatable bonds is 9. The van der Waals surface area contributed by atoms with E-state index in [9.17, 15) is 4.79 Å². The molecule has 2 N–H and O–H groups in total. The Kier molecular flexibility index (Phi) is 11.4. The molecule has 0 unspecified atom stereocenters. The summed E-state index contributed by atoms with van der Waals surface area (Å²) in [5, 5.41) is 8.74. The molecule has 0 aliphatic rings. The first-order chi connectivity index (χ1) is 11.5. The minimum absolute atomic E-state index is 0. The summed E-state index contributed by atoms with van der Waals surface area (Å²) in [6.07, 6.45) is 7.73. The van der Waals surface area contributed by atoms with Crippen molar-refractivity contribution >= 4 is 11.6 Å². The average Bonchev–Trinajstić information content (AvgIpc) is 2.54. The Hall–Kier alpha value is -1.99. The van der Waals surface area contributed by atoms with E-state index in [4.69, 9.17) is 15.7 Å². The molecule has 0 bridgehead atoms. The van der Waals surface area contributed by atoms with Gasteiger partial charge in [-0.15, -0.1) is 19.2 Å². The van der Waals surface area contributed by atoms with Crippen LogP contribution in [0.25, 0.3) is 0 Å². The van der Waals surface area contributed by atoms with Gasteiger partial charge in [-0.1, -0.05) is 6.08 Å². The van der Waals surface area contributed by atoms with Crippen molar-refractivity contribution in [3.05, 3.63) is 43.5 Å². The van der Waals surface area contributed by atoms with Crippen LogP contribution in [0.3, 0.4) is 0 Å². The number of nitriles is 1. The van der Waals surface area contributed by atoms with Gasteiger partial charge >= 0.3 is 18.9 Å². The van der Waals surface area contributed by atoms with E-state index < -0.39 is 0 Å². The van der Waals surface area contributed by atoms with E-state index in [0.29, 0.717) is 25.4 Å². The largest absolute Gasteiger partial charge is 1.00 e. The van der Waals surface area contributed by atoms with Crippen molar-refractivity contribution in [1.82, 2.24) is 14.8 Å². The van der Waals surface area contributed by atoms with Crippen LogP contribution in [0.5, 0.6) is 5.75 Å². The summed E-state index contributed by atoms with van der Waals surface area (Å²) in [5.41, 5.74) is 6.00. The van der Waals surface area contributed by atoms with Gasteiger partial charge in [0.05, 0.1) is 6.07 Å². The maximum atomic E-state index is 12.0. The first kappa shape index (κ1) is 23.0. The van der Waals surface area contributed by atoms with Crippen LogP contribution >= 0.6 is 0 Å². The fourth-order valence-electron chi connectivity index (χ4n) is 1.70. The Balaban J connectivity index is 0.00000576. The van der Waals surface area contributed by atoms with Crippen LogP contribution in [0.2, 0.25) is 0 Å². The van der Waals surface area contributed by atoms with Crippen LogP contribution in [0.1, 0.15) is 5.69 Å². The second kappa shape index (κ2) is 12.4. The van der Waals surface area contributed by atoms with Crippen molar-refractivity contribution in [3.8, 4) is 11.8 Å². The number of likely N-dealkylation sites (N-methyl/N-ethyl adjacent to an activating group) is 1. The van der Waals surface area contributed by atoms with Gasteiger partial charge in [-0.25, -0.2) is 5.26 Å². The van der Waals surface area contributed by atoms with Crippen LogP contribution in [0.4, 0.5) is 5.69 Å². The second-order valence-electron chi connectivity index (χ2n) is 5.20. The number of nitrogens with zero attached hydrogens (tertiary/aromatic N) is 4. The molecule has 8 heteroatoms. The van der Waals surface area contributed by atoms with Crippen molar-refractivity contribution in [2.75, 3.05) is 46.1 Å². The Labute approximate surface area is 161 Å². The molecule has 0 atom stereocenters.